The molecular weight excluding hydrogens is 410 g/mol. The second-order valence-corrected chi connectivity index (χ2v) is 8.69. The largest absolute Gasteiger partial charge is 0.494 e. The third-order valence-corrected chi connectivity index (χ3v) is 6.23. The highest BCUT2D eigenvalue weighted by atomic mass is 32.1. The first-order chi connectivity index (χ1) is 14.9. The monoisotopic (exact) mass is 441 g/mol. The first kappa shape index (κ1) is 23.0. The van der Waals surface area contributed by atoms with Crippen LogP contribution in [0.4, 0.5) is 5.13 Å². The van der Waals surface area contributed by atoms with Crippen LogP contribution in [-0.2, 0) is 11.2 Å². The van der Waals surface area contributed by atoms with E-state index in [0.29, 0.717) is 19.6 Å². The number of methoxy groups -OCH3 is 1. The van der Waals surface area contributed by atoms with Crippen LogP contribution in [0.5, 0.6) is 11.5 Å². The zero-order chi connectivity index (χ0) is 22.4. The van der Waals surface area contributed by atoms with Crippen molar-refractivity contribution in [2.45, 2.75) is 26.7 Å². The van der Waals surface area contributed by atoms with E-state index in [-0.39, 0.29) is 5.91 Å². The smallest absolute Gasteiger partial charge is 0.233 e. The number of carbonyl (C=O) groups is 1. The van der Waals surface area contributed by atoms with E-state index in [2.05, 4.69) is 11.8 Å². The predicted molar refractivity (Wildman–Crippen MR) is 128 cm³/mol. The van der Waals surface area contributed by atoms with Crippen molar-refractivity contribution in [3.8, 4) is 11.5 Å². The summed E-state index contributed by atoms with van der Waals surface area (Å²) in [7, 11) is 5.73. The summed E-state index contributed by atoms with van der Waals surface area (Å²) >= 11 is 1.55. The van der Waals surface area contributed by atoms with Crippen LogP contribution in [0.2, 0.25) is 0 Å². The van der Waals surface area contributed by atoms with E-state index in [9.17, 15) is 4.79 Å². The molecule has 0 aliphatic carbocycles. The normalized spacial score (nSPS) is 11.2. The lowest BCUT2D eigenvalue weighted by molar-refractivity contribution is -0.118. The molecule has 0 fully saturated rings. The molecule has 2 aromatic carbocycles. The molecule has 1 amide bonds. The van der Waals surface area contributed by atoms with Crippen molar-refractivity contribution in [3.63, 3.8) is 0 Å². The maximum Gasteiger partial charge on any atom is 0.233 e. The standard InChI is InChI=1S/C24H31N3O3S/c1-6-30-19-11-9-18(10-12-19)16-21(28)27(15-7-14-26(3)4)24-25-22-20(29-5)13-8-17(2)23(22)31-24/h8-13H,6-7,14-16H2,1-5H3. The van der Waals surface area contributed by atoms with Crippen LogP contribution in [0.25, 0.3) is 10.2 Å². The maximum absolute atomic E-state index is 13.3. The summed E-state index contributed by atoms with van der Waals surface area (Å²) in [5.41, 5.74) is 2.90. The molecule has 3 rings (SSSR count). The number of hydrogen-bond acceptors (Lipinski definition) is 6. The average Bonchev–Trinajstić information content (AvgIpc) is 3.19. The number of amides is 1. The molecule has 1 aromatic heterocycles. The van der Waals surface area contributed by atoms with Gasteiger partial charge in [-0.3, -0.25) is 9.69 Å². The van der Waals surface area contributed by atoms with Crippen molar-refractivity contribution in [2.75, 3.05) is 45.8 Å². The van der Waals surface area contributed by atoms with Crippen molar-refractivity contribution in [1.29, 1.82) is 0 Å². The first-order valence-corrected chi connectivity index (χ1v) is 11.4. The summed E-state index contributed by atoms with van der Waals surface area (Å²) in [5.74, 6) is 1.59. The van der Waals surface area contributed by atoms with Gasteiger partial charge in [0.25, 0.3) is 0 Å². The zero-order valence-electron chi connectivity index (χ0n) is 19.0. The molecule has 0 saturated carbocycles. The molecule has 0 N–H and O–H groups in total. The van der Waals surface area contributed by atoms with Gasteiger partial charge in [-0.15, -0.1) is 0 Å². The Morgan fingerprint density at radius 1 is 1.10 bits per heavy atom. The molecule has 1 heterocycles. The van der Waals surface area contributed by atoms with Crippen LogP contribution in [-0.4, -0.2) is 56.7 Å². The Morgan fingerprint density at radius 2 is 1.84 bits per heavy atom. The highest BCUT2D eigenvalue weighted by Gasteiger charge is 2.22. The molecule has 0 aliphatic heterocycles. The molecule has 0 aliphatic rings. The van der Waals surface area contributed by atoms with Gasteiger partial charge in [-0.1, -0.05) is 29.5 Å². The van der Waals surface area contributed by atoms with Crippen molar-refractivity contribution < 1.29 is 14.3 Å². The van der Waals surface area contributed by atoms with E-state index in [0.717, 1.165) is 50.9 Å². The van der Waals surface area contributed by atoms with E-state index in [1.54, 1.807) is 18.4 Å². The van der Waals surface area contributed by atoms with Gasteiger partial charge in [-0.2, -0.15) is 0 Å². The Morgan fingerprint density at radius 3 is 2.48 bits per heavy atom. The molecular formula is C24H31N3O3S. The summed E-state index contributed by atoms with van der Waals surface area (Å²) in [5, 5.41) is 0.720. The van der Waals surface area contributed by atoms with E-state index in [1.165, 1.54) is 0 Å². The third-order valence-electron chi connectivity index (χ3n) is 5.02. The number of aryl methyl sites for hydroxylation is 1. The maximum atomic E-state index is 13.3. The molecule has 166 valence electrons. The highest BCUT2D eigenvalue weighted by Crippen LogP contribution is 2.36. The summed E-state index contributed by atoms with van der Waals surface area (Å²) in [4.78, 5) is 22.1. The summed E-state index contributed by atoms with van der Waals surface area (Å²) < 4.78 is 12.1. The number of ether oxygens (including phenoxy) is 2. The minimum absolute atomic E-state index is 0.0404. The minimum atomic E-state index is 0.0404. The van der Waals surface area contributed by atoms with Crippen LogP contribution in [0.1, 0.15) is 24.5 Å². The molecule has 0 atom stereocenters. The molecule has 7 heteroatoms. The fourth-order valence-corrected chi connectivity index (χ4v) is 4.49. The number of rotatable bonds is 10. The van der Waals surface area contributed by atoms with Gasteiger partial charge in [-0.25, -0.2) is 4.98 Å². The Labute approximate surface area is 188 Å². The Balaban J connectivity index is 1.87. The summed E-state index contributed by atoms with van der Waals surface area (Å²) in [6, 6.07) is 11.7. The lowest BCUT2D eigenvalue weighted by Gasteiger charge is -2.21. The van der Waals surface area contributed by atoms with E-state index >= 15 is 0 Å². The van der Waals surface area contributed by atoms with Gasteiger partial charge in [0, 0.05) is 6.54 Å². The third kappa shape index (κ3) is 5.74. The SMILES string of the molecule is CCOc1ccc(CC(=O)N(CCCN(C)C)c2nc3c(OC)ccc(C)c3s2)cc1. The van der Waals surface area contributed by atoms with Gasteiger partial charge in [0.2, 0.25) is 5.91 Å². The van der Waals surface area contributed by atoms with Crippen LogP contribution < -0.4 is 14.4 Å². The van der Waals surface area contributed by atoms with Crippen molar-refractivity contribution in [1.82, 2.24) is 9.88 Å². The van der Waals surface area contributed by atoms with Crippen molar-refractivity contribution >= 4 is 32.6 Å². The van der Waals surface area contributed by atoms with Gasteiger partial charge >= 0.3 is 0 Å². The van der Waals surface area contributed by atoms with E-state index in [4.69, 9.17) is 14.5 Å². The van der Waals surface area contributed by atoms with Gasteiger partial charge in [0.05, 0.1) is 24.8 Å². The molecule has 31 heavy (non-hydrogen) atoms. The van der Waals surface area contributed by atoms with Gasteiger partial charge in [0.15, 0.2) is 5.13 Å². The Hall–Kier alpha value is -2.64. The van der Waals surface area contributed by atoms with E-state index in [1.807, 2.05) is 62.3 Å². The van der Waals surface area contributed by atoms with Crippen LogP contribution in [0.15, 0.2) is 36.4 Å². The van der Waals surface area contributed by atoms with E-state index < -0.39 is 0 Å². The van der Waals surface area contributed by atoms with Crippen molar-refractivity contribution in [3.05, 3.63) is 47.5 Å². The second-order valence-electron chi connectivity index (χ2n) is 7.71. The number of nitrogens with zero attached hydrogens (tertiary/aromatic N) is 3. The molecule has 0 unspecified atom stereocenters. The number of benzene rings is 2. The average molecular weight is 442 g/mol. The summed E-state index contributed by atoms with van der Waals surface area (Å²) in [6.07, 6.45) is 1.19. The topological polar surface area (TPSA) is 54.9 Å². The highest BCUT2D eigenvalue weighted by molar-refractivity contribution is 7.22. The number of thiazole rings is 1. The fraction of sp³-hybridized carbons (Fsp3) is 0.417. The van der Waals surface area contributed by atoms with Gasteiger partial charge in [-0.05, 0) is 70.2 Å². The minimum Gasteiger partial charge on any atom is -0.494 e. The Bertz CT molecular complexity index is 1010. The number of anilines is 1. The van der Waals surface area contributed by atoms with Crippen molar-refractivity contribution in [2.24, 2.45) is 0 Å². The van der Waals surface area contributed by atoms with Crippen LogP contribution in [0.3, 0.4) is 0 Å². The molecule has 0 spiro atoms. The van der Waals surface area contributed by atoms with Crippen LogP contribution >= 0.6 is 11.3 Å². The molecule has 0 bridgehead atoms. The predicted octanol–water partition coefficient (Wildman–Crippen LogP) is 4.54. The lowest BCUT2D eigenvalue weighted by Crippen LogP contribution is -2.34. The number of hydrogen-bond donors (Lipinski definition) is 0. The second kappa shape index (κ2) is 10.6. The summed E-state index contributed by atoms with van der Waals surface area (Å²) in [6.45, 7) is 6.16. The number of aromatic nitrogens is 1. The quantitative estimate of drug-likeness (QED) is 0.462. The molecule has 0 saturated heterocycles. The number of carbonyl (C=O) groups excluding carboxylic acids is 1. The first-order valence-electron chi connectivity index (χ1n) is 10.5. The zero-order valence-corrected chi connectivity index (χ0v) is 19.8. The number of fused-ring (bicyclic) bond motifs is 1. The Kier molecular flexibility index (Phi) is 7.87. The van der Waals surface area contributed by atoms with Gasteiger partial charge in [0.1, 0.15) is 17.0 Å². The fourth-order valence-electron chi connectivity index (χ4n) is 3.39. The molecule has 3 aromatic rings. The molecule has 0 radical (unpaired) electrons. The van der Waals surface area contributed by atoms with Gasteiger partial charge < -0.3 is 14.4 Å². The van der Waals surface area contributed by atoms with Crippen LogP contribution in [0, 0.1) is 6.92 Å². The lowest BCUT2D eigenvalue weighted by atomic mass is 10.1. The molecule has 6 nitrogen and oxygen atoms in total.